The lowest BCUT2D eigenvalue weighted by molar-refractivity contribution is -0.116. The number of nitrogens with one attached hydrogen (secondary N) is 1. The summed E-state index contributed by atoms with van der Waals surface area (Å²) in [6.45, 7) is 0.727. The molecule has 26 heavy (non-hydrogen) atoms. The summed E-state index contributed by atoms with van der Waals surface area (Å²) in [4.78, 5) is 18.8. The van der Waals surface area contributed by atoms with E-state index in [0.717, 1.165) is 25.1 Å². The summed E-state index contributed by atoms with van der Waals surface area (Å²) in [5, 5.41) is 7.25. The van der Waals surface area contributed by atoms with E-state index in [0.29, 0.717) is 16.5 Å². The van der Waals surface area contributed by atoms with Gasteiger partial charge in [-0.05, 0) is 36.6 Å². The number of carbonyl (C=O) groups is 1. The van der Waals surface area contributed by atoms with Crippen LogP contribution in [0.1, 0.15) is 12.0 Å². The van der Waals surface area contributed by atoms with Gasteiger partial charge in [-0.15, -0.1) is 5.10 Å². The minimum atomic E-state index is -0.360. The standard InChI is InChI=1S/C19H17FN4OS/c20-15-9-3-2-8-14(15)18-21-19(23-22-18)26-12-17(25)24-11-5-7-13-6-1-4-10-16(13)24/h1-4,6,8-10H,5,7,11-12H2,(H,21,22,23). The van der Waals surface area contributed by atoms with E-state index < -0.39 is 0 Å². The number of benzene rings is 2. The third kappa shape index (κ3) is 3.35. The molecule has 2 aromatic carbocycles. The van der Waals surface area contributed by atoms with Crippen molar-refractivity contribution in [3.8, 4) is 11.4 Å². The number of aromatic amines is 1. The normalized spacial score (nSPS) is 13.5. The van der Waals surface area contributed by atoms with Crippen LogP contribution < -0.4 is 4.90 Å². The Hall–Kier alpha value is -2.67. The average molecular weight is 368 g/mol. The maximum absolute atomic E-state index is 13.8. The summed E-state index contributed by atoms with van der Waals surface area (Å²) < 4.78 is 13.8. The number of nitrogens with zero attached hydrogens (tertiary/aromatic N) is 3. The molecule has 7 heteroatoms. The van der Waals surface area contributed by atoms with E-state index in [4.69, 9.17) is 0 Å². The number of hydrogen-bond acceptors (Lipinski definition) is 4. The Morgan fingerprint density at radius 3 is 2.88 bits per heavy atom. The van der Waals surface area contributed by atoms with Crippen molar-refractivity contribution in [3.63, 3.8) is 0 Å². The van der Waals surface area contributed by atoms with Crippen LogP contribution in [0.5, 0.6) is 0 Å². The van der Waals surface area contributed by atoms with Gasteiger partial charge in [-0.3, -0.25) is 9.89 Å². The lowest BCUT2D eigenvalue weighted by Crippen LogP contribution is -2.36. The summed E-state index contributed by atoms with van der Waals surface area (Å²) in [7, 11) is 0. The van der Waals surface area contributed by atoms with Crippen molar-refractivity contribution in [1.29, 1.82) is 0 Å². The largest absolute Gasteiger partial charge is 0.311 e. The van der Waals surface area contributed by atoms with Crippen molar-refractivity contribution in [2.75, 3.05) is 17.2 Å². The number of fused-ring (bicyclic) bond motifs is 1. The molecule has 0 radical (unpaired) electrons. The molecule has 0 unspecified atom stereocenters. The number of anilines is 1. The number of amides is 1. The first-order chi connectivity index (χ1) is 12.7. The molecule has 5 nitrogen and oxygen atoms in total. The summed E-state index contributed by atoms with van der Waals surface area (Å²) in [5.41, 5.74) is 2.56. The van der Waals surface area contributed by atoms with Crippen molar-refractivity contribution >= 4 is 23.4 Å². The monoisotopic (exact) mass is 368 g/mol. The fraction of sp³-hybridized carbons (Fsp3) is 0.211. The van der Waals surface area contributed by atoms with Crippen LogP contribution >= 0.6 is 11.8 Å². The minimum absolute atomic E-state index is 0.0272. The number of para-hydroxylation sites is 1. The van der Waals surface area contributed by atoms with Gasteiger partial charge in [0.15, 0.2) is 5.82 Å². The van der Waals surface area contributed by atoms with Gasteiger partial charge in [0, 0.05) is 12.2 Å². The van der Waals surface area contributed by atoms with Gasteiger partial charge in [0.05, 0.1) is 11.3 Å². The molecule has 3 aromatic rings. The van der Waals surface area contributed by atoms with Crippen LogP contribution in [0.3, 0.4) is 0 Å². The molecule has 2 heterocycles. The zero-order valence-electron chi connectivity index (χ0n) is 14.0. The van der Waals surface area contributed by atoms with Gasteiger partial charge in [0.1, 0.15) is 5.82 Å². The molecular formula is C19H17FN4OS. The minimum Gasteiger partial charge on any atom is -0.311 e. The molecule has 0 saturated heterocycles. The van der Waals surface area contributed by atoms with Crippen molar-refractivity contribution in [1.82, 2.24) is 15.2 Å². The SMILES string of the molecule is O=C(CSc1n[nH]c(-c2ccccc2F)n1)N1CCCc2ccccc21. The predicted octanol–water partition coefficient (Wildman–Crippen LogP) is 3.68. The highest BCUT2D eigenvalue weighted by Crippen LogP contribution is 2.28. The van der Waals surface area contributed by atoms with E-state index in [1.54, 1.807) is 18.2 Å². The summed E-state index contributed by atoms with van der Waals surface area (Å²) in [5.74, 6) is 0.269. The van der Waals surface area contributed by atoms with Crippen molar-refractivity contribution in [2.24, 2.45) is 0 Å². The Kier molecular flexibility index (Phi) is 4.71. The third-order valence-corrected chi connectivity index (χ3v) is 5.16. The van der Waals surface area contributed by atoms with E-state index in [1.165, 1.54) is 23.4 Å². The van der Waals surface area contributed by atoms with E-state index in [1.807, 2.05) is 23.1 Å². The number of rotatable bonds is 4. The highest BCUT2D eigenvalue weighted by molar-refractivity contribution is 7.99. The van der Waals surface area contributed by atoms with E-state index in [-0.39, 0.29) is 17.5 Å². The van der Waals surface area contributed by atoms with Crippen molar-refractivity contribution in [2.45, 2.75) is 18.0 Å². The molecule has 0 fully saturated rings. The van der Waals surface area contributed by atoms with Crippen molar-refractivity contribution in [3.05, 3.63) is 59.9 Å². The van der Waals surface area contributed by atoms with Crippen LogP contribution in [0.25, 0.3) is 11.4 Å². The molecule has 1 aliphatic heterocycles. The topological polar surface area (TPSA) is 61.9 Å². The number of aryl methyl sites for hydroxylation is 1. The molecule has 4 rings (SSSR count). The molecule has 0 saturated carbocycles. The predicted molar refractivity (Wildman–Crippen MR) is 99.6 cm³/mol. The number of hydrogen-bond donors (Lipinski definition) is 1. The second-order valence-corrected chi connectivity index (χ2v) is 6.96. The maximum atomic E-state index is 13.8. The molecule has 0 spiro atoms. The van der Waals surface area contributed by atoms with Crippen LogP contribution in [0.2, 0.25) is 0 Å². The number of carbonyl (C=O) groups excluding carboxylic acids is 1. The Bertz CT molecular complexity index is 943. The van der Waals surface area contributed by atoms with E-state index in [2.05, 4.69) is 21.2 Å². The molecule has 0 bridgehead atoms. The number of thioether (sulfide) groups is 1. The Balaban J connectivity index is 1.44. The highest BCUT2D eigenvalue weighted by Gasteiger charge is 2.22. The quantitative estimate of drug-likeness (QED) is 0.714. The maximum Gasteiger partial charge on any atom is 0.237 e. The van der Waals surface area contributed by atoms with Gasteiger partial charge in [-0.2, -0.15) is 0 Å². The number of aromatic nitrogens is 3. The first kappa shape index (κ1) is 16.8. The van der Waals surface area contributed by atoms with Crippen LogP contribution in [0.15, 0.2) is 53.7 Å². The fourth-order valence-corrected chi connectivity index (χ4v) is 3.76. The molecule has 1 N–H and O–H groups in total. The van der Waals surface area contributed by atoms with Crippen LogP contribution in [-0.2, 0) is 11.2 Å². The zero-order chi connectivity index (χ0) is 17.9. The molecule has 0 atom stereocenters. The second kappa shape index (κ2) is 7.29. The number of halogens is 1. The Morgan fingerprint density at radius 1 is 1.19 bits per heavy atom. The second-order valence-electron chi connectivity index (χ2n) is 6.01. The van der Waals surface area contributed by atoms with Gasteiger partial charge < -0.3 is 4.90 Å². The molecule has 1 aromatic heterocycles. The van der Waals surface area contributed by atoms with Gasteiger partial charge in [-0.1, -0.05) is 42.1 Å². The van der Waals surface area contributed by atoms with Gasteiger partial charge in [0.25, 0.3) is 0 Å². The van der Waals surface area contributed by atoms with Crippen molar-refractivity contribution < 1.29 is 9.18 Å². The average Bonchev–Trinajstić information content (AvgIpc) is 3.15. The van der Waals surface area contributed by atoms with Gasteiger partial charge >= 0.3 is 0 Å². The molecule has 1 aliphatic rings. The first-order valence-electron chi connectivity index (χ1n) is 8.41. The third-order valence-electron chi connectivity index (χ3n) is 4.33. The van der Waals surface area contributed by atoms with Gasteiger partial charge in [0.2, 0.25) is 11.1 Å². The Morgan fingerprint density at radius 2 is 2.00 bits per heavy atom. The molecule has 132 valence electrons. The lowest BCUT2D eigenvalue weighted by atomic mass is 10.0. The lowest BCUT2D eigenvalue weighted by Gasteiger charge is -2.29. The van der Waals surface area contributed by atoms with Crippen LogP contribution in [0, 0.1) is 5.82 Å². The highest BCUT2D eigenvalue weighted by atomic mass is 32.2. The van der Waals surface area contributed by atoms with E-state index in [9.17, 15) is 9.18 Å². The van der Waals surface area contributed by atoms with Gasteiger partial charge in [-0.25, -0.2) is 9.37 Å². The summed E-state index contributed by atoms with van der Waals surface area (Å²) in [6, 6.07) is 14.4. The fourth-order valence-electron chi connectivity index (χ4n) is 3.08. The van der Waals surface area contributed by atoms with E-state index >= 15 is 0 Å². The van der Waals surface area contributed by atoms with Crippen LogP contribution in [0.4, 0.5) is 10.1 Å². The summed E-state index contributed by atoms with van der Waals surface area (Å²) >= 11 is 1.25. The summed E-state index contributed by atoms with van der Waals surface area (Å²) in [6.07, 6.45) is 1.96. The molecule has 0 aliphatic carbocycles. The number of H-pyrrole nitrogens is 1. The zero-order valence-corrected chi connectivity index (χ0v) is 14.8. The Labute approximate surface area is 154 Å². The van der Waals surface area contributed by atoms with Crippen LogP contribution in [-0.4, -0.2) is 33.4 Å². The smallest absolute Gasteiger partial charge is 0.237 e. The molecule has 1 amide bonds. The molecular weight excluding hydrogens is 351 g/mol. The first-order valence-corrected chi connectivity index (χ1v) is 9.39.